The molecule has 2 N–H and O–H groups in total. The molecule has 0 fully saturated rings. The molecule has 0 aliphatic rings. The number of hydrogen-bond donors (Lipinski definition) is 1. The average molecular weight is 254 g/mol. The third-order valence-electron chi connectivity index (χ3n) is 2.70. The van der Waals surface area contributed by atoms with Gasteiger partial charge in [-0.3, -0.25) is 0 Å². The van der Waals surface area contributed by atoms with Gasteiger partial charge in [-0.1, -0.05) is 11.6 Å². The van der Waals surface area contributed by atoms with Gasteiger partial charge in [-0.25, -0.2) is 9.37 Å². The maximum absolute atomic E-state index is 13.0. The zero-order valence-electron chi connectivity index (χ0n) is 9.67. The second kappa shape index (κ2) is 4.37. The molecule has 1 aromatic carbocycles. The molecule has 1 aromatic heterocycles. The number of nitrogens with two attached hydrogens (primary N) is 1. The lowest BCUT2D eigenvalue weighted by atomic mass is 10.1. The zero-order chi connectivity index (χ0) is 12.6. The van der Waals surface area contributed by atoms with E-state index in [1.54, 1.807) is 6.07 Å². The fraction of sp³-hybridized carbons (Fsp3) is 0.250. The monoisotopic (exact) mass is 253 g/mol. The summed E-state index contributed by atoms with van der Waals surface area (Å²) < 4.78 is 14.9. The number of anilines is 1. The maximum Gasteiger partial charge on any atom is 0.131 e. The zero-order valence-corrected chi connectivity index (χ0v) is 10.4. The highest BCUT2D eigenvalue weighted by Gasteiger charge is 2.15. The maximum atomic E-state index is 13.0. The molecule has 2 rings (SSSR count). The molecule has 0 atom stereocenters. The lowest BCUT2D eigenvalue weighted by Gasteiger charge is -2.04. The van der Waals surface area contributed by atoms with Gasteiger partial charge < -0.3 is 10.3 Å². The first kappa shape index (κ1) is 11.9. The average Bonchev–Trinajstić information content (AvgIpc) is 2.54. The normalized spacial score (nSPS) is 10.8. The Morgan fingerprint density at radius 2 is 2.18 bits per heavy atom. The van der Waals surface area contributed by atoms with E-state index in [0.29, 0.717) is 22.1 Å². The highest BCUT2D eigenvalue weighted by molar-refractivity contribution is 6.33. The van der Waals surface area contributed by atoms with Crippen LogP contribution in [0.15, 0.2) is 18.2 Å². The Balaban J connectivity index is 2.61. The second-order valence-electron chi connectivity index (χ2n) is 3.76. The Labute approximate surface area is 104 Å². The molecular weight excluding hydrogens is 241 g/mol. The van der Waals surface area contributed by atoms with Gasteiger partial charge in [0.2, 0.25) is 0 Å². The van der Waals surface area contributed by atoms with E-state index < -0.39 is 0 Å². The van der Waals surface area contributed by atoms with E-state index >= 15 is 0 Å². The van der Waals surface area contributed by atoms with Crippen molar-refractivity contribution in [2.45, 2.75) is 20.4 Å². The molecule has 0 aliphatic carbocycles. The van der Waals surface area contributed by atoms with Crippen LogP contribution in [0.2, 0.25) is 5.02 Å². The highest BCUT2D eigenvalue weighted by atomic mass is 35.5. The van der Waals surface area contributed by atoms with Crippen LogP contribution in [0.3, 0.4) is 0 Å². The van der Waals surface area contributed by atoms with Crippen molar-refractivity contribution in [1.82, 2.24) is 9.55 Å². The molecule has 0 amide bonds. The minimum atomic E-state index is -0.371. The van der Waals surface area contributed by atoms with Gasteiger partial charge in [0.05, 0.1) is 5.02 Å². The van der Waals surface area contributed by atoms with Crippen LogP contribution in [0.1, 0.15) is 12.7 Å². The number of imidazole rings is 1. The number of aryl methyl sites for hydroxylation is 1. The Hall–Kier alpha value is -1.55. The first-order valence-corrected chi connectivity index (χ1v) is 5.70. The molecule has 2 aromatic rings. The summed E-state index contributed by atoms with van der Waals surface area (Å²) in [6.07, 6.45) is 0. The van der Waals surface area contributed by atoms with Crippen molar-refractivity contribution in [3.05, 3.63) is 34.9 Å². The number of aromatic nitrogens is 2. The van der Waals surface area contributed by atoms with E-state index in [9.17, 15) is 4.39 Å². The standard InChI is InChI=1S/C12H13ClFN3/c1-3-17-7(2)16-11(12(17)15)9-5-4-8(14)6-10(9)13/h4-6H,3,15H2,1-2H3. The van der Waals surface area contributed by atoms with Crippen LogP contribution >= 0.6 is 11.6 Å². The molecule has 17 heavy (non-hydrogen) atoms. The first-order chi connectivity index (χ1) is 8.04. The Morgan fingerprint density at radius 3 is 2.71 bits per heavy atom. The lowest BCUT2D eigenvalue weighted by molar-refractivity contribution is 0.628. The topological polar surface area (TPSA) is 43.8 Å². The van der Waals surface area contributed by atoms with E-state index in [4.69, 9.17) is 17.3 Å². The number of hydrogen-bond acceptors (Lipinski definition) is 2. The van der Waals surface area contributed by atoms with Crippen molar-refractivity contribution in [2.24, 2.45) is 0 Å². The van der Waals surface area contributed by atoms with Crippen LogP contribution in [-0.2, 0) is 6.54 Å². The Bertz CT molecular complexity index is 563. The highest BCUT2D eigenvalue weighted by Crippen LogP contribution is 2.32. The predicted octanol–water partition coefficient (Wildman–Crippen LogP) is 3.25. The predicted molar refractivity (Wildman–Crippen MR) is 67.5 cm³/mol. The van der Waals surface area contributed by atoms with Crippen molar-refractivity contribution in [2.75, 3.05) is 5.73 Å². The first-order valence-electron chi connectivity index (χ1n) is 5.32. The summed E-state index contributed by atoms with van der Waals surface area (Å²) in [6, 6.07) is 4.20. The summed E-state index contributed by atoms with van der Waals surface area (Å²) in [4.78, 5) is 4.37. The molecule has 0 saturated heterocycles. The van der Waals surface area contributed by atoms with Crippen molar-refractivity contribution >= 4 is 17.4 Å². The van der Waals surface area contributed by atoms with Crippen LogP contribution < -0.4 is 5.73 Å². The third-order valence-corrected chi connectivity index (χ3v) is 3.01. The van der Waals surface area contributed by atoms with Crippen LogP contribution in [-0.4, -0.2) is 9.55 Å². The minimum absolute atomic E-state index is 0.317. The molecule has 0 spiro atoms. The molecule has 1 heterocycles. The fourth-order valence-electron chi connectivity index (χ4n) is 1.86. The molecular formula is C12H13ClFN3. The van der Waals surface area contributed by atoms with E-state index in [1.165, 1.54) is 12.1 Å². The van der Waals surface area contributed by atoms with E-state index in [1.807, 2.05) is 18.4 Å². The number of rotatable bonds is 2. The molecule has 0 radical (unpaired) electrons. The van der Waals surface area contributed by atoms with Gasteiger partial charge in [0.1, 0.15) is 23.2 Å². The summed E-state index contributed by atoms with van der Waals surface area (Å²) in [5.74, 6) is 1.00. The summed E-state index contributed by atoms with van der Waals surface area (Å²) in [7, 11) is 0. The molecule has 0 unspecified atom stereocenters. The van der Waals surface area contributed by atoms with E-state index in [0.717, 1.165) is 12.4 Å². The van der Waals surface area contributed by atoms with Crippen LogP contribution in [0.25, 0.3) is 11.3 Å². The largest absolute Gasteiger partial charge is 0.383 e. The van der Waals surface area contributed by atoms with Crippen molar-refractivity contribution in [3.8, 4) is 11.3 Å². The van der Waals surface area contributed by atoms with Gasteiger partial charge in [-0.2, -0.15) is 0 Å². The molecule has 90 valence electrons. The van der Waals surface area contributed by atoms with Gasteiger partial charge in [0, 0.05) is 12.1 Å². The van der Waals surface area contributed by atoms with E-state index in [2.05, 4.69) is 4.98 Å². The van der Waals surface area contributed by atoms with Gasteiger partial charge in [0.15, 0.2) is 0 Å². The van der Waals surface area contributed by atoms with E-state index in [-0.39, 0.29) is 5.82 Å². The molecule has 0 saturated carbocycles. The molecule has 5 heteroatoms. The Kier molecular flexibility index (Phi) is 3.07. The summed E-state index contributed by atoms with van der Waals surface area (Å²) >= 11 is 6.00. The second-order valence-corrected chi connectivity index (χ2v) is 4.17. The summed E-state index contributed by atoms with van der Waals surface area (Å²) in [6.45, 7) is 4.60. The fourth-order valence-corrected chi connectivity index (χ4v) is 2.12. The quantitative estimate of drug-likeness (QED) is 0.893. The number of benzene rings is 1. The van der Waals surface area contributed by atoms with Crippen LogP contribution in [0, 0.1) is 12.7 Å². The van der Waals surface area contributed by atoms with Crippen molar-refractivity contribution < 1.29 is 4.39 Å². The SMILES string of the molecule is CCn1c(C)nc(-c2ccc(F)cc2Cl)c1N. The van der Waals surface area contributed by atoms with Crippen molar-refractivity contribution in [3.63, 3.8) is 0 Å². The van der Waals surface area contributed by atoms with Gasteiger partial charge >= 0.3 is 0 Å². The van der Waals surface area contributed by atoms with Crippen LogP contribution in [0.4, 0.5) is 10.2 Å². The number of nitrogen functional groups attached to an aromatic ring is 1. The van der Waals surface area contributed by atoms with Gasteiger partial charge in [-0.05, 0) is 32.0 Å². The molecule has 0 bridgehead atoms. The molecule has 0 aliphatic heterocycles. The lowest BCUT2D eigenvalue weighted by Crippen LogP contribution is -2.02. The third kappa shape index (κ3) is 2.00. The number of nitrogens with zero attached hydrogens (tertiary/aromatic N) is 2. The summed E-state index contributed by atoms with van der Waals surface area (Å²) in [5, 5.41) is 0.317. The molecule has 3 nitrogen and oxygen atoms in total. The van der Waals surface area contributed by atoms with Gasteiger partial charge in [-0.15, -0.1) is 0 Å². The number of halogens is 2. The van der Waals surface area contributed by atoms with Crippen LogP contribution in [0.5, 0.6) is 0 Å². The van der Waals surface area contributed by atoms with Crippen molar-refractivity contribution in [1.29, 1.82) is 0 Å². The Morgan fingerprint density at radius 1 is 1.47 bits per heavy atom. The van der Waals surface area contributed by atoms with Gasteiger partial charge in [0.25, 0.3) is 0 Å². The summed E-state index contributed by atoms with van der Waals surface area (Å²) in [5.41, 5.74) is 7.26. The minimum Gasteiger partial charge on any atom is -0.383 e. The smallest absolute Gasteiger partial charge is 0.131 e.